The highest BCUT2D eigenvalue weighted by Crippen LogP contribution is 2.55. The fraction of sp³-hybridized carbons (Fsp3) is 0.103. The Balaban J connectivity index is 0.987. The normalized spacial score (nSPS) is 14.3. The Labute approximate surface area is 351 Å². The highest BCUT2D eigenvalue weighted by Gasteiger charge is 2.38. The van der Waals surface area contributed by atoms with Crippen LogP contribution >= 0.6 is 0 Å². The summed E-state index contributed by atoms with van der Waals surface area (Å²) in [5.41, 5.74) is 20.6. The van der Waals surface area contributed by atoms with Crippen LogP contribution in [0, 0.1) is 0 Å². The highest BCUT2D eigenvalue weighted by atomic mass is 16.3. The van der Waals surface area contributed by atoms with Crippen molar-refractivity contribution in [2.24, 2.45) is 0 Å². The minimum atomic E-state index is -0.112. The molecule has 2 aliphatic carbocycles. The first-order valence-electron chi connectivity index (χ1n) is 21.1. The molecule has 0 unspecified atom stereocenters. The first-order chi connectivity index (χ1) is 29.3. The number of hydrogen-bond acceptors (Lipinski definition) is 2. The Kier molecular flexibility index (Phi) is 7.36. The van der Waals surface area contributed by atoms with Gasteiger partial charge in [-0.1, -0.05) is 173 Å². The van der Waals surface area contributed by atoms with Gasteiger partial charge in [0.1, 0.15) is 11.2 Å². The third-order valence-corrected chi connectivity index (χ3v) is 13.7. The van der Waals surface area contributed by atoms with Gasteiger partial charge in [-0.25, -0.2) is 0 Å². The van der Waals surface area contributed by atoms with E-state index in [4.69, 9.17) is 4.42 Å². The maximum atomic E-state index is 6.76. The number of anilines is 3. The van der Waals surface area contributed by atoms with Crippen LogP contribution in [0.4, 0.5) is 17.1 Å². The summed E-state index contributed by atoms with van der Waals surface area (Å²) >= 11 is 0. The summed E-state index contributed by atoms with van der Waals surface area (Å²) in [7, 11) is 0. The first kappa shape index (κ1) is 34.8. The van der Waals surface area contributed by atoms with Crippen LogP contribution in [0.15, 0.2) is 192 Å². The molecule has 286 valence electrons. The maximum Gasteiger partial charge on any atom is 0.143 e. The number of fused-ring (bicyclic) bond motifs is 11. The van der Waals surface area contributed by atoms with Crippen molar-refractivity contribution in [2.75, 3.05) is 4.90 Å². The van der Waals surface area contributed by atoms with Gasteiger partial charge >= 0.3 is 0 Å². The fourth-order valence-corrected chi connectivity index (χ4v) is 10.6. The molecule has 0 radical (unpaired) electrons. The molecule has 0 atom stereocenters. The van der Waals surface area contributed by atoms with Crippen LogP contribution in [0.3, 0.4) is 0 Å². The molecule has 1 heterocycles. The number of nitrogens with zero attached hydrogens (tertiary/aromatic N) is 1. The topological polar surface area (TPSA) is 16.4 Å². The molecule has 9 aromatic carbocycles. The van der Waals surface area contributed by atoms with Gasteiger partial charge in [-0.2, -0.15) is 0 Å². The van der Waals surface area contributed by atoms with Crippen molar-refractivity contribution >= 4 is 49.8 Å². The number of rotatable bonds is 5. The second-order valence-electron chi connectivity index (χ2n) is 17.7. The van der Waals surface area contributed by atoms with Gasteiger partial charge in [-0.05, 0) is 103 Å². The Hall–Kier alpha value is -7.16. The van der Waals surface area contributed by atoms with E-state index in [1.807, 2.05) is 0 Å². The predicted molar refractivity (Wildman–Crippen MR) is 252 cm³/mol. The Morgan fingerprint density at radius 1 is 0.367 bits per heavy atom. The molecule has 0 N–H and O–H groups in total. The Bertz CT molecular complexity index is 3360. The van der Waals surface area contributed by atoms with Gasteiger partial charge in [0.2, 0.25) is 0 Å². The van der Waals surface area contributed by atoms with E-state index in [1.54, 1.807) is 0 Å². The van der Waals surface area contributed by atoms with Gasteiger partial charge in [-0.3, -0.25) is 0 Å². The van der Waals surface area contributed by atoms with Gasteiger partial charge in [0.25, 0.3) is 0 Å². The van der Waals surface area contributed by atoms with Crippen LogP contribution in [-0.2, 0) is 10.8 Å². The lowest BCUT2D eigenvalue weighted by Crippen LogP contribution is -2.16. The van der Waals surface area contributed by atoms with Gasteiger partial charge < -0.3 is 9.32 Å². The molecular formula is C58H43NO. The van der Waals surface area contributed by atoms with Crippen molar-refractivity contribution in [1.82, 2.24) is 0 Å². The van der Waals surface area contributed by atoms with E-state index in [-0.39, 0.29) is 10.8 Å². The Morgan fingerprint density at radius 2 is 0.917 bits per heavy atom. The van der Waals surface area contributed by atoms with E-state index in [0.717, 1.165) is 49.8 Å². The van der Waals surface area contributed by atoms with Gasteiger partial charge in [0, 0.05) is 49.5 Å². The third-order valence-electron chi connectivity index (χ3n) is 13.7. The van der Waals surface area contributed by atoms with Crippen LogP contribution in [0.5, 0.6) is 0 Å². The molecule has 0 amide bonds. The van der Waals surface area contributed by atoms with Crippen LogP contribution < -0.4 is 4.90 Å². The average molecular weight is 770 g/mol. The lowest BCUT2D eigenvalue weighted by atomic mass is 9.82. The number of furan rings is 1. The molecule has 2 nitrogen and oxygen atoms in total. The summed E-state index contributed by atoms with van der Waals surface area (Å²) in [4.78, 5) is 2.44. The zero-order valence-corrected chi connectivity index (χ0v) is 34.3. The van der Waals surface area contributed by atoms with E-state index in [1.165, 1.54) is 66.7 Å². The predicted octanol–water partition coefficient (Wildman–Crippen LogP) is 16.2. The molecule has 0 bridgehead atoms. The maximum absolute atomic E-state index is 6.76. The summed E-state index contributed by atoms with van der Waals surface area (Å²) in [6.45, 7) is 9.39. The van der Waals surface area contributed by atoms with Crippen molar-refractivity contribution < 1.29 is 4.42 Å². The molecule has 0 saturated carbocycles. The summed E-state index contributed by atoms with van der Waals surface area (Å²) in [6, 6.07) is 69.2. The zero-order chi connectivity index (χ0) is 40.3. The summed E-state index contributed by atoms with van der Waals surface area (Å²) in [5, 5.41) is 4.60. The standard InChI is InChI=1S/C58H43NO/c1-57(2)49-19-9-7-15-44(49)48-35-39(28-34-51(48)57)36-23-29-40(30-24-36)59(53-22-12-21-52-54(53)47-16-8-10-20-50(47)58(52,3)4)41-31-25-38(26-32-41)43-17-11-18-45-46-33-27-37-13-5-6-14-42(37)56(46)60-55(43)45/h5-35H,1-4H3. The monoisotopic (exact) mass is 769 g/mol. The molecule has 0 spiro atoms. The molecule has 2 aliphatic rings. The van der Waals surface area contributed by atoms with Gasteiger partial charge in [0.15, 0.2) is 0 Å². The van der Waals surface area contributed by atoms with Crippen molar-refractivity contribution in [3.05, 3.63) is 210 Å². The molecule has 2 heteroatoms. The van der Waals surface area contributed by atoms with E-state index in [2.05, 4.69) is 221 Å². The SMILES string of the molecule is CC1(C)c2ccccc2-c2cc(-c3ccc(N(c4ccc(-c5cccc6c5oc5c7ccccc7ccc65)cc4)c4cccc5c4-c4ccccc4C5(C)C)cc3)ccc21. The molecule has 0 saturated heterocycles. The van der Waals surface area contributed by atoms with Crippen molar-refractivity contribution in [3.63, 3.8) is 0 Å². The highest BCUT2D eigenvalue weighted by molar-refractivity contribution is 6.17. The lowest BCUT2D eigenvalue weighted by molar-refractivity contribution is 0.660. The van der Waals surface area contributed by atoms with E-state index >= 15 is 0 Å². The van der Waals surface area contributed by atoms with Crippen LogP contribution in [0.25, 0.3) is 77.2 Å². The van der Waals surface area contributed by atoms with Crippen molar-refractivity contribution in [1.29, 1.82) is 0 Å². The molecule has 60 heavy (non-hydrogen) atoms. The van der Waals surface area contributed by atoms with E-state index in [0.29, 0.717) is 0 Å². The Morgan fingerprint density at radius 3 is 1.70 bits per heavy atom. The number of benzene rings is 9. The quantitative estimate of drug-likeness (QED) is 0.173. The minimum absolute atomic E-state index is 0.0129. The molecule has 0 aliphatic heterocycles. The molecule has 0 fully saturated rings. The number of hydrogen-bond donors (Lipinski definition) is 0. The molecule has 1 aromatic heterocycles. The van der Waals surface area contributed by atoms with E-state index < -0.39 is 0 Å². The molecule has 12 rings (SSSR count). The van der Waals surface area contributed by atoms with Crippen molar-refractivity contribution in [3.8, 4) is 44.5 Å². The summed E-state index contributed by atoms with van der Waals surface area (Å²) in [6.07, 6.45) is 0. The van der Waals surface area contributed by atoms with E-state index in [9.17, 15) is 0 Å². The van der Waals surface area contributed by atoms with Crippen molar-refractivity contribution in [2.45, 2.75) is 38.5 Å². The second kappa shape index (κ2) is 12.7. The van der Waals surface area contributed by atoms with Crippen LogP contribution in [0.1, 0.15) is 49.9 Å². The lowest BCUT2D eigenvalue weighted by Gasteiger charge is -2.29. The smallest absolute Gasteiger partial charge is 0.143 e. The largest absolute Gasteiger partial charge is 0.455 e. The second-order valence-corrected chi connectivity index (χ2v) is 17.7. The summed E-state index contributed by atoms with van der Waals surface area (Å²) in [5.74, 6) is 0. The molecular weight excluding hydrogens is 727 g/mol. The van der Waals surface area contributed by atoms with Crippen LogP contribution in [0.2, 0.25) is 0 Å². The minimum Gasteiger partial charge on any atom is -0.455 e. The fourth-order valence-electron chi connectivity index (χ4n) is 10.6. The molecule has 10 aromatic rings. The summed E-state index contributed by atoms with van der Waals surface area (Å²) < 4.78 is 6.76. The average Bonchev–Trinajstić information content (AvgIpc) is 3.87. The van der Waals surface area contributed by atoms with Gasteiger partial charge in [-0.15, -0.1) is 0 Å². The first-order valence-corrected chi connectivity index (χ1v) is 21.1. The zero-order valence-electron chi connectivity index (χ0n) is 34.3. The van der Waals surface area contributed by atoms with Crippen LogP contribution in [-0.4, -0.2) is 0 Å². The third kappa shape index (κ3) is 4.94. The number of para-hydroxylation sites is 1. The van der Waals surface area contributed by atoms with Gasteiger partial charge in [0.05, 0.1) is 5.69 Å².